The monoisotopic (exact) mass is 438 g/mol. The number of fused-ring (bicyclic) bond motifs is 1. The Hall–Kier alpha value is -2.96. The molecule has 2 amide bonds. The summed E-state index contributed by atoms with van der Waals surface area (Å²) in [5, 5.41) is 3.27. The van der Waals surface area contributed by atoms with Crippen molar-refractivity contribution in [2.45, 2.75) is 50.4 Å². The molecule has 1 aliphatic carbocycles. The first kappa shape index (κ1) is 20.9. The maximum Gasteiger partial charge on any atom is 0.257 e. The zero-order chi connectivity index (χ0) is 22.0. The first-order valence-electron chi connectivity index (χ1n) is 11.6. The van der Waals surface area contributed by atoms with Gasteiger partial charge in [0.25, 0.3) is 5.91 Å². The lowest BCUT2D eigenvalue weighted by atomic mass is 9.69. The van der Waals surface area contributed by atoms with Crippen molar-refractivity contribution >= 4 is 11.8 Å². The summed E-state index contributed by atoms with van der Waals surface area (Å²) < 4.78 is 16.1. The molecular formula is C25H30N2O5. The molecule has 1 N–H and O–H groups in total. The van der Waals surface area contributed by atoms with E-state index in [4.69, 9.17) is 13.9 Å². The van der Waals surface area contributed by atoms with E-state index in [0.717, 1.165) is 24.3 Å². The molecule has 3 heterocycles. The van der Waals surface area contributed by atoms with Crippen LogP contribution in [0.25, 0.3) is 0 Å². The van der Waals surface area contributed by atoms with Crippen molar-refractivity contribution in [2.75, 3.05) is 26.4 Å². The minimum atomic E-state index is -0.0627. The number of benzene rings is 1. The molecule has 32 heavy (non-hydrogen) atoms. The van der Waals surface area contributed by atoms with Crippen LogP contribution in [-0.2, 0) is 10.2 Å². The summed E-state index contributed by atoms with van der Waals surface area (Å²) in [6, 6.07) is 7.90. The van der Waals surface area contributed by atoms with E-state index in [1.165, 1.54) is 37.4 Å². The molecule has 5 rings (SSSR count). The molecule has 7 nitrogen and oxygen atoms in total. The van der Waals surface area contributed by atoms with E-state index >= 15 is 0 Å². The van der Waals surface area contributed by atoms with Gasteiger partial charge >= 0.3 is 0 Å². The van der Waals surface area contributed by atoms with Crippen molar-refractivity contribution in [3.05, 3.63) is 47.9 Å². The molecule has 0 unspecified atom stereocenters. The minimum Gasteiger partial charge on any atom is -0.472 e. The summed E-state index contributed by atoms with van der Waals surface area (Å²) in [4.78, 5) is 27.3. The van der Waals surface area contributed by atoms with Crippen molar-refractivity contribution < 1.29 is 23.5 Å². The lowest BCUT2D eigenvalue weighted by Gasteiger charge is -2.39. The van der Waals surface area contributed by atoms with Gasteiger partial charge in [0, 0.05) is 31.0 Å². The predicted octanol–water partition coefficient (Wildman–Crippen LogP) is 3.88. The topological polar surface area (TPSA) is 81.0 Å². The zero-order valence-electron chi connectivity index (χ0n) is 18.3. The van der Waals surface area contributed by atoms with Gasteiger partial charge in [-0.3, -0.25) is 9.59 Å². The number of rotatable bonds is 5. The fraction of sp³-hybridized carbons (Fsp3) is 0.520. The van der Waals surface area contributed by atoms with Gasteiger partial charge in [-0.05, 0) is 49.4 Å². The molecule has 0 bridgehead atoms. The van der Waals surface area contributed by atoms with E-state index in [-0.39, 0.29) is 29.9 Å². The van der Waals surface area contributed by atoms with Crippen LogP contribution in [0.2, 0.25) is 0 Å². The van der Waals surface area contributed by atoms with Gasteiger partial charge in [-0.25, -0.2) is 0 Å². The number of amides is 2. The van der Waals surface area contributed by atoms with Crippen molar-refractivity contribution in [3.63, 3.8) is 0 Å². The van der Waals surface area contributed by atoms with Gasteiger partial charge in [0.05, 0.1) is 11.8 Å². The Morgan fingerprint density at radius 3 is 2.56 bits per heavy atom. The average Bonchev–Trinajstić information content (AvgIpc) is 3.54. The normalized spacial score (nSPS) is 20.2. The van der Waals surface area contributed by atoms with Gasteiger partial charge in [-0.1, -0.05) is 25.3 Å². The van der Waals surface area contributed by atoms with Crippen molar-refractivity contribution in [2.24, 2.45) is 5.92 Å². The first-order chi connectivity index (χ1) is 15.6. The van der Waals surface area contributed by atoms with Gasteiger partial charge in [0.15, 0.2) is 11.5 Å². The highest BCUT2D eigenvalue weighted by molar-refractivity contribution is 5.94. The molecule has 2 fully saturated rings. The van der Waals surface area contributed by atoms with Crippen molar-refractivity contribution in [1.29, 1.82) is 0 Å². The summed E-state index contributed by atoms with van der Waals surface area (Å²) in [6.45, 7) is 2.09. The molecule has 1 saturated heterocycles. The molecule has 0 atom stereocenters. The number of hydrogen-bond acceptors (Lipinski definition) is 5. The molecule has 0 radical (unpaired) electrons. The van der Waals surface area contributed by atoms with Crippen LogP contribution in [0.4, 0.5) is 0 Å². The first-order valence-corrected chi connectivity index (χ1v) is 11.6. The summed E-state index contributed by atoms with van der Waals surface area (Å²) in [6.07, 6.45) is 10.0. The molecule has 7 heteroatoms. The lowest BCUT2D eigenvalue weighted by Crippen LogP contribution is -2.47. The summed E-state index contributed by atoms with van der Waals surface area (Å²) in [5.41, 5.74) is 1.73. The third-order valence-electron chi connectivity index (χ3n) is 7.32. The number of likely N-dealkylation sites (tertiary alicyclic amines) is 1. The van der Waals surface area contributed by atoms with Crippen LogP contribution in [-0.4, -0.2) is 43.1 Å². The number of hydrogen-bond donors (Lipinski definition) is 1. The highest BCUT2D eigenvalue weighted by atomic mass is 16.7. The van der Waals surface area contributed by atoms with Gasteiger partial charge < -0.3 is 24.1 Å². The zero-order valence-corrected chi connectivity index (χ0v) is 18.3. The van der Waals surface area contributed by atoms with Crippen LogP contribution in [0.1, 0.15) is 60.9 Å². The molecule has 1 aromatic carbocycles. The SMILES string of the molecule is O=C(NCC1(c2ccc3c(c2)OCO3)CCCCC1)C1CCN(C(=O)c2ccoc2)CC1. The minimum absolute atomic E-state index is 0.0263. The molecule has 2 aliphatic heterocycles. The number of piperidine rings is 1. The summed E-state index contributed by atoms with van der Waals surface area (Å²) in [5.74, 6) is 1.61. The Bertz CT molecular complexity index is 957. The summed E-state index contributed by atoms with van der Waals surface area (Å²) in [7, 11) is 0. The van der Waals surface area contributed by atoms with E-state index in [1.807, 2.05) is 11.0 Å². The van der Waals surface area contributed by atoms with Gasteiger partial charge in [-0.2, -0.15) is 0 Å². The number of carbonyl (C=O) groups excluding carboxylic acids is 2. The second-order valence-electron chi connectivity index (χ2n) is 9.21. The van der Waals surface area contributed by atoms with Crippen LogP contribution in [0.15, 0.2) is 41.2 Å². The van der Waals surface area contributed by atoms with Gasteiger partial charge in [-0.15, -0.1) is 0 Å². The number of nitrogens with one attached hydrogen (secondary N) is 1. The van der Waals surface area contributed by atoms with E-state index in [9.17, 15) is 9.59 Å². The number of ether oxygens (including phenoxy) is 2. The van der Waals surface area contributed by atoms with E-state index < -0.39 is 0 Å². The Kier molecular flexibility index (Phi) is 5.81. The predicted molar refractivity (Wildman–Crippen MR) is 118 cm³/mol. The number of furan rings is 1. The fourth-order valence-corrected chi connectivity index (χ4v) is 5.34. The van der Waals surface area contributed by atoms with Crippen LogP contribution < -0.4 is 14.8 Å². The Labute approximate surface area is 188 Å². The van der Waals surface area contributed by atoms with Crippen LogP contribution in [0.3, 0.4) is 0 Å². The molecular weight excluding hydrogens is 408 g/mol. The standard InChI is InChI=1S/C25H30N2O5/c28-23(18-6-11-27(12-7-18)24(29)19-8-13-30-15-19)26-16-25(9-2-1-3-10-25)20-4-5-21-22(14-20)32-17-31-21/h4-5,8,13-15,18H,1-3,6-7,9-12,16-17H2,(H,26,28). The lowest BCUT2D eigenvalue weighted by molar-refractivity contribution is -0.126. The smallest absolute Gasteiger partial charge is 0.257 e. The third kappa shape index (κ3) is 4.08. The maximum atomic E-state index is 13.0. The van der Waals surface area contributed by atoms with Crippen molar-refractivity contribution in [3.8, 4) is 11.5 Å². The van der Waals surface area contributed by atoms with E-state index in [2.05, 4.69) is 17.4 Å². The molecule has 1 aromatic heterocycles. The summed E-state index contributed by atoms with van der Waals surface area (Å²) >= 11 is 0. The second-order valence-corrected chi connectivity index (χ2v) is 9.21. The van der Waals surface area contributed by atoms with Gasteiger partial charge in [0.2, 0.25) is 12.7 Å². The molecule has 170 valence electrons. The maximum absolute atomic E-state index is 13.0. The highest BCUT2D eigenvalue weighted by Crippen LogP contribution is 2.43. The molecule has 2 aromatic rings. The van der Waals surface area contributed by atoms with Crippen LogP contribution >= 0.6 is 0 Å². The van der Waals surface area contributed by atoms with Crippen molar-refractivity contribution in [1.82, 2.24) is 10.2 Å². The molecule has 0 spiro atoms. The number of nitrogens with zero attached hydrogens (tertiary/aromatic N) is 1. The highest BCUT2D eigenvalue weighted by Gasteiger charge is 2.36. The van der Waals surface area contributed by atoms with Gasteiger partial charge in [0.1, 0.15) is 6.26 Å². The third-order valence-corrected chi connectivity index (χ3v) is 7.32. The van der Waals surface area contributed by atoms with E-state index in [1.54, 1.807) is 6.07 Å². The second kappa shape index (κ2) is 8.88. The Morgan fingerprint density at radius 1 is 1.03 bits per heavy atom. The van der Waals surface area contributed by atoms with Crippen LogP contribution in [0, 0.1) is 5.92 Å². The fourth-order valence-electron chi connectivity index (χ4n) is 5.34. The molecule has 3 aliphatic rings. The van der Waals surface area contributed by atoms with E-state index in [0.29, 0.717) is 38.0 Å². The Balaban J connectivity index is 1.21. The number of carbonyl (C=O) groups is 2. The van der Waals surface area contributed by atoms with Crippen LogP contribution in [0.5, 0.6) is 11.5 Å². The Morgan fingerprint density at radius 2 is 1.81 bits per heavy atom. The quantitative estimate of drug-likeness (QED) is 0.766. The average molecular weight is 439 g/mol. The largest absolute Gasteiger partial charge is 0.472 e. The molecule has 1 saturated carbocycles.